The standard InChI is InChI=1S/C25H30ClN3O2/c26-19-7-6-10-21(17-19)29-15-13-18(14-16-29)24(30)28-23-12-5-4-11-22(23)25(31)27-20-8-2-1-3-9-20/h4-7,10-12,17-18,20H,1-3,8-9,13-16H2,(H,27,31)(H,28,30). The summed E-state index contributed by atoms with van der Waals surface area (Å²) in [7, 11) is 0. The molecule has 5 nitrogen and oxygen atoms in total. The van der Waals surface area contributed by atoms with Crippen molar-refractivity contribution in [1.29, 1.82) is 0 Å². The summed E-state index contributed by atoms with van der Waals surface area (Å²) in [5.74, 6) is -0.174. The van der Waals surface area contributed by atoms with E-state index in [2.05, 4.69) is 15.5 Å². The van der Waals surface area contributed by atoms with Crippen LogP contribution in [0.25, 0.3) is 0 Å². The minimum atomic E-state index is -0.0985. The van der Waals surface area contributed by atoms with E-state index >= 15 is 0 Å². The number of para-hydroxylation sites is 1. The molecule has 164 valence electrons. The largest absolute Gasteiger partial charge is 0.371 e. The average Bonchev–Trinajstić information content (AvgIpc) is 2.80. The lowest BCUT2D eigenvalue weighted by molar-refractivity contribution is -0.120. The van der Waals surface area contributed by atoms with E-state index in [1.54, 1.807) is 6.07 Å². The summed E-state index contributed by atoms with van der Waals surface area (Å²) < 4.78 is 0. The van der Waals surface area contributed by atoms with Crippen LogP contribution in [0.5, 0.6) is 0 Å². The summed E-state index contributed by atoms with van der Waals surface area (Å²) >= 11 is 6.11. The molecule has 6 heteroatoms. The SMILES string of the molecule is O=C(NC1CCCCC1)c1ccccc1NC(=O)C1CCN(c2cccc(Cl)c2)CC1. The van der Waals surface area contributed by atoms with Crippen molar-refractivity contribution in [2.75, 3.05) is 23.3 Å². The molecular weight excluding hydrogens is 410 g/mol. The number of nitrogens with one attached hydrogen (secondary N) is 2. The van der Waals surface area contributed by atoms with E-state index in [0.717, 1.165) is 62.3 Å². The number of benzene rings is 2. The quantitative estimate of drug-likeness (QED) is 0.668. The Labute approximate surface area is 189 Å². The number of nitrogens with zero attached hydrogens (tertiary/aromatic N) is 1. The minimum absolute atomic E-state index is 0.0105. The van der Waals surface area contributed by atoms with Gasteiger partial charge in [-0.05, 0) is 56.0 Å². The summed E-state index contributed by atoms with van der Waals surface area (Å²) in [6, 6.07) is 15.4. The Morgan fingerprint density at radius 1 is 0.903 bits per heavy atom. The first kappa shape index (κ1) is 21.7. The van der Waals surface area contributed by atoms with Crippen LogP contribution in [0.3, 0.4) is 0 Å². The lowest BCUT2D eigenvalue weighted by atomic mass is 9.94. The molecule has 2 fully saturated rings. The number of hydrogen-bond donors (Lipinski definition) is 2. The molecule has 1 saturated carbocycles. The summed E-state index contributed by atoms with van der Waals surface area (Å²) in [4.78, 5) is 28.1. The number of halogens is 1. The van der Waals surface area contributed by atoms with Crippen molar-refractivity contribution in [1.82, 2.24) is 5.32 Å². The van der Waals surface area contributed by atoms with E-state index in [9.17, 15) is 9.59 Å². The van der Waals surface area contributed by atoms with E-state index in [4.69, 9.17) is 11.6 Å². The third-order valence-electron chi connectivity index (χ3n) is 6.41. The van der Waals surface area contributed by atoms with Crippen LogP contribution in [0.15, 0.2) is 48.5 Å². The van der Waals surface area contributed by atoms with Crippen molar-refractivity contribution in [2.45, 2.75) is 51.0 Å². The van der Waals surface area contributed by atoms with Gasteiger partial charge in [0.15, 0.2) is 0 Å². The summed E-state index contributed by atoms with van der Waals surface area (Å²) in [5, 5.41) is 6.89. The van der Waals surface area contributed by atoms with Crippen LogP contribution >= 0.6 is 11.6 Å². The van der Waals surface area contributed by atoms with Crippen LogP contribution in [-0.2, 0) is 4.79 Å². The normalized spacial score (nSPS) is 17.9. The smallest absolute Gasteiger partial charge is 0.253 e. The molecule has 0 radical (unpaired) electrons. The second kappa shape index (κ2) is 10.2. The molecule has 0 bridgehead atoms. The topological polar surface area (TPSA) is 61.4 Å². The lowest BCUT2D eigenvalue weighted by Gasteiger charge is -2.33. The fourth-order valence-corrected chi connectivity index (χ4v) is 4.79. The van der Waals surface area contributed by atoms with E-state index < -0.39 is 0 Å². The van der Waals surface area contributed by atoms with Crippen LogP contribution in [0.2, 0.25) is 5.02 Å². The third kappa shape index (κ3) is 5.59. The second-order valence-electron chi connectivity index (χ2n) is 8.58. The molecule has 1 aliphatic heterocycles. The first-order valence-electron chi connectivity index (χ1n) is 11.3. The molecule has 0 spiro atoms. The fraction of sp³-hybridized carbons (Fsp3) is 0.440. The average molecular weight is 440 g/mol. The van der Waals surface area contributed by atoms with Gasteiger partial charge in [0.25, 0.3) is 5.91 Å². The van der Waals surface area contributed by atoms with Gasteiger partial charge in [0.2, 0.25) is 5.91 Å². The van der Waals surface area contributed by atoms with Crippen LogP contribution in [0, 0.1) is 5.92 Å². The molecule has 2 amide bonds. The highest BCUT2D eigenvalue weighted by Gasteiger charge is 2.26. The highest BCUT2D eigenvalue weighted by molar-refractivity contribution is 6.30. The van der Waals surface area contributed by atoms with Gasteiger partial charge in [-0.2, -0.15) is 0 Å². The number of anilines is 2. The summed E-state index contributed by atoms with van der Waals surface area (Å²) in [5.41, 5.74) is 2.23. The maximum atomic E-state index is 12.9. The predicted octanol–water partition coefficient (Wildman–Crippen LogP) is 5.26. The molecule has 1 heterocycles. The summed E-state index contributed by atoms with van der Waals surface area (Å²) in [6.45, 7) is 1.62. The molecule has 0 unspecified atom stereocenters. The maximum absolute atomic E-state index is 12.9. The number of carbonyl (C=O) groups is 2. The molecule has 4 rings (SSSR count). The van der Waals surface area contributed by atoms with Crippen LogP contribution in [-0.4, -0.2) is 30.9 Å². The Hall–Kier alpha value is -2.53. The van der Waals surface area contributed by atoms with Crippen molar-refractivity contribution < 1.29 is 9.59 Å². The highest BCUT2D eigenvalue weighted by atomic mass is 35.5. The maximum Gasteiger partial charge on any atom is 0.253 e. The van der Waals surface area contributed by atoms with Crippen molar-refractivity contribution in [3.05, 3.63) is 59.1 Å². The molecule has 2 aromatic carbocycles. The molecule has 1 aliphatic carbocycles. The number of hydrogen-bond acceptors (Lipinski definition) is 3. The zero-order valence-electron chi connectivity index (χ0n) is 17.8. The zero-order chi connectivity index (χ0) is 21.6. The van der Waals surface area contributed by atoms with Gasteiger partial charge in [-0.25, -0.2) is 0 Å². The molecule has 31 heavy (non-hydrogen) atoms. The number of rotatable bonds is 5. The molecule has 0 atom stereocenters. The molecule has 2 aromatic rings. The van der Waals surface area contributed by atoms with Crippen LogP contribution in [0.4, 0.5) is 11.4 Å². The molecule has 2 aliphatic rings. The van der Waals surface area contributed by atoms with E-state index in [-0.39, 0.29) is 23.8 Å². The van der Waals surface area contributed by atoms with Gasteiger partial charge >= 0.3 is 0 Å². The second-order valence-corrected chi connectivity index (χ2v) is 9.02. The van der Waals surface area contributed by atoms with E-state index in [0.29, 0.717) is 11.3 Å². The first-order chi connectivity index (χ1) is 15.1. The predicted molar refractivity (Wildman–Crippen MR) is 126 cm³/mol. The molecule has 0 aromatic heterocycles. The van der Waals surface area contributed by atoms with E-state index in [1.165, 1.54) is 6.42 Å². The number of piperidine rings is 1. The van der Waals surface area contributed by atoms with Crippen molar-refractivity contribution >= 4 is 34.8 Å². The van der Waals surface area contributed by atoms with Crippen LogP contribution in [0.1, 0.15) is 55.3 Å². The van der Waals surface area contributed by atoms with Crippen molar-refractivity contribution in [2.24, 2.45) is 5.92 Å². The van der Waals surface area contributed by atoms with Gasteiger partial charge in [0.05, 0.1) is 11.3 Å². The van der Waals surface area contributed by atoms with Gasteiger partial charge in [0.1, 0.15) is 0 Å². The van der Waals surface area contributed by atoms with Crippen molar-refractivity contribution in [3.63, 3.8) is 0 Å². The number of amides is 2. The molecule has 2 N–H and O–H groups in total. The monoisotopic (exact) mass is 439 g/mol. The highest BCUT2D eigenvalue weighted by Crippen LogP contribution is 2.27. The van der Waals surface area contributed by atoms with Gasteiger partial charge in [0, 0.05) is 35.8 Å². The zero-order valence-corrected chi connectivity index (χ0v) is 18.5. The minimum Gasteiger partial charge on any atom is -0.371 e. The van der Waals surface area contributed by atoms with Gasteiger partial charge < -0.3 is 15.5 Å². The Morgan fingerprint density at radius 3 is 2.39 bits per heavy atom. The first-order valence-corrected chi connectivity index (χ1v) is 11.7. The van der Waals surface area contributed by atoms with Gasteiger partial charge in [-0.3, -0.25) is 9.59 Å². The fourth-order valence-electron chi connectivity index (χ4n) is 4.61. The lowest BCUT2D eigenvalue weighted by Crippen LogP contribution is -2.39. The van der Waals surface area contributed by atoms with E-state index in [1.807, 2.05) is 42.5 Å². The Bertz CT molecular complexity index is 918. The Morgan fingerprint density at radius 2 is 1.65 bits per heavy atom. The van der Waals surface area contributed by atoms with Crippen LogP contribution < -0.4 is 15.5 Å². The van der Waals surface area contributed by atoms with Gasteiger partial charge in [-0.1, -0.05) is 49.1 Å². The number of carbonyl (C=O) groups excluding carboxylic acids is 2. The Balaban J connectivity index is 1.35. The summed E-state index contributed by atoms with van der Waals surface area (Å²) in [6.07, 6.45) is 7.18. The third-order valence-corrected chi connectivity index (χ3v) is 6.64. The Kier molecular flexibility index (Phi) is 7.13. The van der Waals surface area contributed by atoms with Gasteiger partial charge in [-0.15, -0.1) is 0 Å². The molecular formula is C25H30ClN3O2. The van der Waals surface area contributed by atoms with Crippen molar-refractivity contribution in [3.8, 4) is 0 Å². The molecule has 1 saturated heterocycles.